The lowest BCUT2D eigenvalue weighted by Gasteiger charge is -2.49. The number of carbonyl (C=O) groups is 4. The van der Waals surface area contributed by atoms with Gasteiger partial charge in [0, 0.05) is 27.2 Å². The van der Waals surface area contributed by atoms with Crippen LogP contribution in [0.15, 0.2) is 0 Å². The van der Waals surface area contributed by atoms with Crippen LogP contribution in [-0.2, 0) is 57.1 Å². The lowest BCUT2D eigenvalue weighted by atomic mass is 9.88. The highest BCUT2D eigenvalue weighted by Crippen LogP contribution is 2.36. The van der Waals surface area contributed by atoms with Crippen molar-refractivity contribution in [1.82, 2.24) is 16.0 Å². The predicted molar refractivity (Wildman–Crippen MR) is 221 cm³/mol. The molecule has 0 unspecified atom stereocenters. The zero-order valence-corrected chi connectivity index (χ0v) is 38.3. The summed E-state index contributed by atoms with van der Waals surface area (Å²) in [5, 5.41) is 188. The topological polar surface area (TPSA) is 522 Å². The number of hydrogen-bond acceptors (Lipinski definition) is 28. The van der Waals surface area contributed by atoms with Crippen molar-refractivity contribution in [1.29, 1.82) is 0 Å². The molecule has 32 heteroatoms. The monoisotopic (exact) mass is 1040 g/mol. The average molecular weight is 1040 g/mol. The molecule has 25 atom stereocenters. The second-order valence-electron chi connectivity index (χ2n) is 17.4. The Morgan fingerprint density at radius 2 is 1.17 bits per heavy atom. The van der Waals surface area contributed by atoms with Gasteiger partial charge >= 0.3 is 5.97 Å². The molecule has 0 aromatic heterocycles. The van der Waals surface area contributed by atoms with E-state index < -0.39 is 222 Å². The van der Waals surface area contributed by atoms with Crippen LogP contribution in [0.5, 0.6) is 0 Å². The standard InChI is InChI=1S/C39H67N3O29/c1-11(48)40-14(5-43)31(24(55)17(53)10-64-39(38(62)63)4-15(51)21(41-12(2)49)33(71-39)23(54)16(52)6-44)68-36-29(60)28(59)32(20(9-47)67-36)69-37-30(61)34(26(57)19(8-46)66-37)70-35-22(42-13(3)50)27(58)25(56)18(7-45)65-35/h14-37,43-47,51-61H,4-10H2,1-3H3,(H,40,48)(H,41,49)(H,42,50)(H,62,63)/t14-,15-,16+,17+,18+,19+,20+,21+,22+,23+,24-,25-,26-,27+,28+,29+,30+,31+,32-,33+,34-,35-,36-,37-,39+/m0/s1. The number of ether oxygens (including phenoxy) is 8. The lowest BCUT2D eigenvalue weighted by molar-refractivity contribution is -0.379. The van der Waals surface area contributed by atoms with Crippen molar-refractivity contribution in [2.45, 2.75) is 180 Å². The van der Waals surface area contributed by atoms with Crippen molar-refractivity contribution < 1.29 is 144 Å². The number of nitrogens with one attached hydrogen (secondary N) is 3. The van der Waals surface area contributed by atoms with Crippen LogP contribution in [0.2, 0.25) is 0 Å². The number of aliphatic carboxylic acids is 1. The number of hydrogen-bond donors (Lipinski definition) is 20. The zero-order valence-electron chi connectivity index (χ0n) is 38.3. The SMILES string of the molecule is CC(=O)N[C@H]1[C@H](O[C@H]2[C@@H](O)[C@@H](CO)O[C@@H](O[C@@H]3[C@H](O)[C@@H](O)[C@H](O[C@@H]([C@@H](O)[C@H](O)CO[C@]4(C(=O)O)C[C@H](O)[C@@H](NC(C)=O)[C@H]([C@H](O)[C@H](O)CO)O4)[C@H](CO)NC(C)=O)O[C@@H]3CO)[C@@H]2O)O[C@H](CO)[C@H](O)[C@@H]1O. The first-order chi connectivity index (χ1) is 33.3. The maximum absolute atomic E-state index is 12.7. The normalized spacial score (nSPS) is 40.3. The van der Waals surface area contributed by atoms with E-state index in [4.69, 9.17) is 37.9 Å². The predicted octanol–water partition coefficient (Wildman–Crippen LogP) is -12.7. The third kappa shape index (κ3) is 14.2. The smallest absolute Gasteiger partial charge is 0.364 e. The van der Waals surface area contributed by atoms with Gasteiger partial charge in [-0.15, -0.1) is 0 Å². The molecule has 0 saturated carbocycles. The molecule has 4 aliphatic rings. The fourth-order valence-electron chi connectivity index (χ4n) is 8.43. The van der Waals surface area contributed by atoms with Gasteiger partial charge < -0.3 is 141 Å². The Labute approximate surface area is 402 Å². The summed E-state index contributed by atoms with van der Waals surface area (Å²) in [6.45, 7) is -3.47. The number of carbonyl (C=O) groups excluding carboxylic acids is 3. The Morgan fingerprint density at radius 3 is 1.70 bits per heavy atom. The van der Waals surface area contributed by atoms with Crippen LogP contribution in [0.4, 0.5) is 0 Å². The van der Waals surface area contributed by atoms with Gasteiger partial charge in [0.05, 0.1) is 57.8 Å². The quantitative estimate of drug-likeness (QED) is 0.0452. The van der Waals surface area contributed by atoms with Gasteiger partial charge in [-0.1, -0.05) is 0 Å². The fraction of sp³-hybridized carbons (Fsp3) is 0.897. The minimum absolute atomic E-state index is 0.757. The second kappa shape index (κ2) is 26.4. The van der Waals surface area contributed by atoms with Gasteiger partial charge in [-0.2, -0.15) is 0 Å². The summed E-state index contributed by atoms with van der Waals surface area (Å²) in [5.41, 5.74) is 0. The molecule has 20 N–H and O–H groups in total. The van der Waals surface area contributed by atoms with Crippen molar-refractivity contribution in [2.75, 3.05) is 39.6 Å². The van der Waals surface area contributed by atoms with E-state index in [1.54, 1.807) is 0 Å². The molecular weight excluding hydrogens is 974 g/mol. The molecule has 32 nitrogen and oxygen atoms in total. The van der Waals surface area contributed by atoms with Crippen LogP contribution >= 0.6 is 0 Å². The van der Waals surface area contributed by atoms with Gasteiger partial charge in [-0.3, -0.25) is 14.4 Å². The van der Waals surface area contributed by atoms with E-state index in [9.17, 15) is 106 Å². The maximum Gasteiger partial charge on any atom is 0.364 e. The number of rotatable bonds is 23. The highest BCUT2D eigenvalue weighted by atomic mass is 16.8. The van der Waals surface area contributed by atoms with Crippen LogP contribution in [0.3, 0.4) is 0 Å². The van der Waals surface area contributed by atoms with Gasteiger partial charge in [-0.25, -0.2) is 4.79 Å². The summed E-state index contributed by atoms with van der Waals surface area (Å²) in [5.74, 6) is -7.46. The van der Waals surface area contributed by atoms with Gasteiger partial charge in [0.25, 0.3) is 5.79 Å². The summed E-state index contributed by atoms with van der Waals surface area (Å²) in [4.78, 5) is 48.7. The number of carboxylic acid groups (broad SMARTS) is 1. The lowest BCUT2D eigenvalue weighted by Crippen LogP contribution is -2.69. The molecule has 3 amide bonds. The Morgan fingerprint density at radius 1 is 0.620 bits per heavy atom. The van der Waals surface area contributed by atoms with Crippen LogP contribution in [-0.4, -0.2) is 303 Å². The molecule has 4 rings (SSSR count). The minimum Gasteiger partial charge on any atom is -0.477 e. The van der Waals surface area contributed by atoms with Crippen LogP contribution in [0, 0.1) is 0 Å². The molecule has 4 saturated heterocycles. The first-order valence-corrected chi connectivity index (χ1v) is 22.1. The fourth-order valence-corrected chi connectivity index (χ4v) is 8.43. The van der Waals surface area contributed by atoms with E-state index >= 15 is 0 Å². The van der Waals surface area contributed by atoms with Gasteiger partial charge in [0.15, 0.2) is 18.9 Å². The minimum atomic E-state index is -3.03. The number of aliphatic hydroxyl groups excluding tert-OH is 16. The van der Waals surface area contributed by atoms with Crippen molar-refractivity contribution in [3.63, 3.8) is 0 Å². The Hall–Kier alpha value is -3.08. The van der Waals surface area contributed by atoms with Gasteiger partial charge in [0.2, 0.25) is 17.7 Å². The van der Waals surface area contributed by atoms with E-state index in [1.165, 1.54) is 0 Å². The summed E-state index contributed by atoms with van der Waals surface area (Å²) >= 11 is 0. The average Bonchev–Trinajstić information content (AvgIpc) is 3.32. The summed E-state index contributed by atoms with van der Waals surface area (Å²) in [6, 6.07) is -4.93. The molecule has 0 bridgehead atoms. The Balaban J connectivity index is 1.56. The molecule has 0 spiro atoms. The van der Waals surface area contributed by atoms with Crippen molar-refractivity contribution >= 4 is 23.7 Å². The first kappa shape index (κ1) is 60.5. The molecule has 4 aliphatic heterocycles. The van der Waals surface area contributed by atoms with Crippen LogP contribution < -0.4 is 16.0 Å². The number of carboxylic acids is 1. The van der Waals surface area contributed by atoms with Crippen LogP contribution in [0.1, 0.15) is 27.2 Å². The molecule has 71 heavy (non-hydrogen) atoms. The van der Waals surface area contributed by atoms with Crippen molar-refractivity contribution in [2.24, 2.45) is 0 Å². The second-order valence-corrected chi connectivity index (χ2v) is 17.4. The summed E-state index contributed by atoms with van der Waals surface area (Å²) in [7, 11) is 0. The van der Waals surface area contributed by atoms with E-state index in [0.29, 0.717) is 0 Å². The maximum atomic E-state index is 12.7. The molecule has 0 aliphatic carbocycles. The molecule has 0 radical (unpaired) electrons. The third-order valence-corrected chi connectivity index (χ3v) is 12.2. The highest BCUT2D eigenvalue weighted by molar-refractivity contribution is 5.76. The molecule has 0 aromatic carbocycles. The molecule has 4 fully saturated rings. The number of aliphatic hydroxyl groups is 16. The van der Waals surface area contributed by atoms with Gasteiger partial charge in [-0.05, 0) is 0 Å². The zero-order chi connectivity index (χ0) is 53.4. The molecule has 0 aromatic rings. The van der Waals surface area contributed by atoms with Crippen LogP contribution in [0.25, 0.3) is 0 Å². The Kier molecular flexibility index (Phi) is 22.5. The molecule has 4 heterocycles. The Bertz CT molecular complexity index is 1720. The summed E-state index contributed by atoms with van der Waals surface area (Å²) in [6.07, 6.45) is -43.3. The first-order valence-electron chi connectivity index (χ1n) is 22.1. The van der Waals surface area contributed by atoms with Gasteiger partial charge in [0.1, 0.15) is 110 Å². The van der Waals surface area contributed by atoms with E-state index in [2.05, 4.69) is 16.0 Å². The van der Waals surface area contributed by atoms with E-state index in [0.717, 1.165) is 20.8 Å². The highest BCUT2D eigenvalue weighted by Gasteiger charge is 2.58. The molecular formula is C39H67N3O29. The summed E-state index contributed by atoms with van der Waals surface area (Å²) < 4.78 is 44.8. The number of amides is 3. The van der Waals surface area contributed by atoms with Crippen molar-refractivity contribution in [3.05, 3.63) is 0 Å². The largest absolute Gasteiger partial charge is 0.477 e. The van der Waals surface area contributed by atoms with E-state index in [-0.39, 0.29) is 0 Å². The van der Waals surface area contributed by atoms with E-state index in [1.807, 2.05) is 0 Å². The van der Waals surface area contributed by atoms with Crippen molar-refractivity contribution in [3.8, 4) is 0 Å². The molecule has 412 valence electrons. The third-order valence-electron chi connectivity index (χ3n) is 12.2.